The van der Waals surface area contributed by atoms with Crippen LogP contribution in [0.25, 0.3) is 5.76 Å². The van der Waals surface area contributed by atoms with E-state index < -0.39 is 15.6 Å². The molecule has 2 heterocycles. The van der Waals surface area contributed by atoms with Crippen LogP contribution >= 0.6 is 0 Å². The van der Waals surface area contributed by atoms with Gasteiger partial charge in [-0.3, -0.25) is 4.79 Å². The van der Waals surface area contributed by atoms with Crippen LogP contribution in [0.2, 0.25) is 0 Å². The lowest BCUT2D eigenvalue weighted by atomic mass is 9.76. The highest BCUT2D eigenvalue weighted by Crippen LogP contribution is 2.52. The minimum absolute atomic E-state index is 0.0318. The summed E-state index contributed by atoms with van der Waals surface area (Å²) < 4.78 is 34.4. The van der Waals surface area contributed by atoms with Crippen molar-refractivity contribution in [3.63, 3.8) is 0 Å². The fourth-order valence-electron chi connectivity index (χ4n) is 4.88. The maximum Gasteiger partial charge on any atom is 0.243 e. The molecule has 0 spiro atoms. The van der Waals surface area contributed by atoms with Crippen LogP contribution in [0, 0.1) is 18.8 Å². The Kier molecular flexibility index (Phi) is 3.86. The van der Waals surface area contributed by atoms with Crippen LogP contribution in [0.4, 0.5) is 0 Å². The summed E-state index contributed by atoms with van der Waals surface area (Å²) in [6.07, 6.45) is 0. The zero-order chi connectivity index (χ0) is 20.6. The Labute approximate surface area is 171 Å². The molecular formula is C23H23NO4S. The molecule has 0 bridgehead atoms. The number of benzene rings is 2. The second kappa shape index (κ2) is 6.03. The maximum atomic E-state index is 13.3. The molecule has 0 saturated carbocycles. The van der Waals surface area contributed by atoms with E-state index in [1.54, 1.807) is 24.3 Å². The lowest BCUT2D eigenvalue weighted by molar-refractivity contribution is -0.00335. The number of rotatable bonds is 2. The Bertz CT molecular complexity index is 1160. The summed E-state index contributed by atoms with van der Waals surface area (Å²) in [6, 6.07) is 14.4. The van der Waals surface area contributed by atoms with Crippen LogP contribution in [0.5, 0.6) is 0 Å². The molecule has 0 radical (unpaired) electrons. The van der Waals surface area contributed by atoms with Crippen LogP contribution < -0.4 is 0 Å². The average molecular weight is 410 g/mol. The van der Waals surface area contributed by atoms with Crippen molar-refractivity contribution >= 4 is 21.6 Å². The lowest BCUT2D eigenvalue weighted by Crippen LogP contribution is -2.43. The maximum absolute atomic E-state index is 13.3. The number of sulfonamides is 1. The predicted molar refractivity (Wildman–Crippen MR) is 110 cm³/mol. The van der Waals surface area contributed by atoms with Crippen molar-refractivity contribution in [1.29, 1.82) is 0 Å². The van der Waals surface area contributed by atoms with Gasteiger partial charge in [-0.1, -0.05) is 42.0 Å². The molecule has 1 fully saturated rings. The van der Waals surface area contributed by atoms with Crippen molar-refractivity contribution in [3.05, 3.63) is 70.8 Å². The number of aryl methyl sites for hydroxylation is 1. The van der Waals surface area contributed by atoms with Gasteiger partial charge in [-0.15, -0.1) is 0 Å². The molecule has 150 valence electrons. The first-order valence-electron chi connectivity index (χ1n) is 9.84. The van der Waals surface area contributed by atoms with E-state index in [0.717, 1.165) is 11.1 Å². The number of ether oxygens (including phenoxy) is 1. The minimum Gasteiger partial charge on any atom is -0.486 e. The Morgan fingerprint density at radius 2 is 1.66 bits per heavy atom. The fraction of sp³-hybridized carbons (Fsp3) is 0.348. The highest BCUT2D eigenvalue weighted by Gasteiger charge is 2.55. The molecule has 3 aliphatic rings. The van der Waals surface area contributed by atoms with Crippen molar-refractivity contribution in [3.8, 4) is 0 Å². The van der Waals surface area contributed by atoms with Crippen molar-refractivity contribution in [2.75, 3.05) is 13.1 Å². The topological polar surface area (TPSA) is 63.7 Å². The Balaban J connectivity index is 1.56. The van der Waals surface area contributed by atoms with Crippen molar-refractivity contribution in [2.45, 2.75) is 31.3 Å². The second-order valence-corrected chi connectivity index (χ2v) is 10.6. The van der Waals surface area contributed by atoms with Crippen LogP contribution in [-0.2, 0) is 14.8 Å². The van der Waals surface area contributed by atoms with Crippen molar-refractivity contribution in [2.24, 2.45) is 11.8 Å². The van der Waals surface area contributed by atoms with E-state index in [2.05, 4.69) is 0 Å². The molecular weight excluding hydrogens is 386 g/mol. The van der Waals surface area contributed by atoms with Crippen molar-refractivity contribution < 1.29 is 17.9 Å². The number of carbonyl (C=O) groups is 1. The summed E-state index contributed by atoms with van der Waals surface area (Å²) in [5.41, 5.74) is 2.54. The highest BCUT2D eigenvalue weighted by atomic mass is 32.2. The van der Waals surface area contributed by atoms with E-state index in [1.807, 2.05) is 45.0 Å². The van der Waals surface area contributed by atoms with Crippen LogP contribution in [0.3, 0.4) is 0 Å². The van der Waals surface area contributed by atoms with Crippen LogP contribution in [0.1, 0.15) is 35.3 Å². The minimum atomic E-state index is -3.63. The molecule has 6 heteroatoms. The standard InChI is InChI=1S/C23H23NO4S/c1-14-8-10-15(11-9-14)29(26,27)24-12-18-19(13-24)23(2,3)28-22-17-7-5-4-6-16(17)21(25)20(18)22/h4-11,18-19H,12-13H2,1-3H3/t18-,19-/m0/s1. The van der Waals surface area contributed by atoms with Gasteiger partial charge in [-0.05, 0) is 32.9 Å². The van der Waals surface area contributed by atoms with E-state index in [0.29, 0.717) is 30.0 Å². The Hall–Kier alpha value is -2.44. The molecule has 29 heavy (non-hydrogen) atoms. The fourth-order valence-corrected chi connectivity index (χ4v) is 6.37. The van der Waals surface area contributed by atoms with Gasteiger partial charge in [0, 0.05) is 41.6 Å². The Morgan fingerprint density at radius 1 is 1.00 bits per heavy atom. The molecule has 0 amide bonds. The molecule has 0 N–H and O–H groups in total. The highest BCUT2D eigenvalue weighted by molar-refractivity contribution is 7.89. The third-order valence-electron chi connectivity index (χ3n) is 6.48. The zero-order valence-corrected chi connectivity index (χ0v) is 17.5. The first-order chi connectivity index (χ1) is 13.7. The lowest BCUT2D eigenvalue weighted by Gasteiger charge is -2.40. The van der Waals surface area contributed by atoms with Gasteiger partial charge in [-0.2, -0.15) is 4.31 Å². The summed E-state index contributed by atoms with van der Waals surface area (Å²) >= 11 is 0. The molecule has 1 aliphatic carbocycles. The van der Waals surface area contributed by atoms with E-state index >= 15 is 0 Å². The number of fused-ring (bicyclic) bond motifs is 4. The first-order valence-corrected chi connectivity index (χ1v) is 11.3. The van der Waals surface area contributed by atoms with Gasteiger partial charge in [0.2, 0.25) is 10.0 Å². The molecule has 2 aliphatic heterocycles. The van der Waals surface area contributed by atoms with E-state index in [1.165, 1.54) is 4.31 Å². The molecule has 2 aromatic carbocycles. The summed E-state index contributed by atoms with van der Waals surface area (Å²) in [5.74, 6) is 0.343. The van der Waals surface area contributed by atoms with Gasteiger partial charge in [0.1, 0.15) is 11.4 Å². The summed E-state index contributed by atoms with van der Waals surface area (Å²) in [7, 11) is -3.63. The number of hydrogen-bond donors (Lipinski definition) is 0. The molecule has 0 aromatic heterocycles. The Morgan fingerprint density at radius 3 is 2.34 bits per heavy atom. The monoisotopic (exact) mass is 409 g/mol. The van der Waals surface area contributed by atoms with E-state index in [9.17, 15) is 13.2 Å². The normalized spacial score (nSPS) is 25.4. The van der Waals surface area contributed by atoms with Crippen LogP contribution in [0.15, 0.2) is 59.0 Å². The predicted octanol–water partition coefficient (Wildman–Crippen LogP) is 3.65. The van der Waals surface area contributed by atoms with E-state index in [-0.39, 0.29) is 22.5 Å². The summed E-state index contributed by atoms with van der Waals surface area (Å²) in [5, 5.41) is 0. The number of carbonyl (C=O) groups excluding carboxylic acids is 1. The third kappa shape index (κ3) is 2.62. The molecule has 1 saturated heterocycles. The quantitative estimate of drug-likeness (QED) is 0.760. The van der Waals surface area contributed by atoms with Gasteiger partial charge in [-0.25, -0.2) is 8.42 Å². The molecule has 2 aromatic rings. The number of hydrogen-bond acceptors (Lipinski definition) is 4. The van der Waals surface area contributed by atoms with Gasteiger partial charge in [0.15, 0.2) is 5.78 Å². The van der Waals surface area contributed by atoms with E-state index in [4.69, 9.17) is 4.74 Å². The number of nitrogens with zero attached hydrogens (tertiary/aromatic N) is 1. The second-order valence-electron chi connectivity index (χ2n) is 8.67. The van der Waals surface area contributed by atoms with Gasteiger partial charge >= 0.3 is 0 Å². The smallest absolute Gasteiger partial charge is 0.243 e. The first kappa shape index (κ1) is 18.6. The largest absolute Gasteiger partial charge is 0.486 e. The molecule has 5 rings (SSSR count). The average Bonchev–Trinajstić information content (AvgIpc) is 3.24. The third-order valence-corrected chi connectivity index (χ3v) is 8.33. The summed E-state index contributed by atoms with van der Waals surface area (Å²) in [6.45, 7) is 6.54. The number of Topliss-reactive ketones (excluding diaryl/α,β-unsaturated/α-hetero) is 1. The van der Waals surface area contributed by atoms with Crippen LogP contribution in [-0.4, -0.2) is 37.2 Å². The SMILES string of the molecule is Cc1ccc(S(=O)(=O)N2C[C@@H]3C4=C(OC(C)(C)[C@H]3C2)c2ccccc2C4=O)cc1. The van der Waals surface area contributed by atoms with Gasteiger partial charge in [0.25, 0.3) is 0 Å². The van der Waals surface area contributed by atoms with Crippen molar-refractivity contribution in [1.82, 2.24) is 4.31 Å². The molecule has 5 nitrogen and oxygen atoms in total. The zero-order valence-electron chi connectivity index (χ0n) is 16.7. The number of ketones is 1. The van der Waals surface area contributed by atoms with Gasteiger partial charge in [0.05, 0.1) is 4.90 Å². The molecule has 0 unspecified atom stereocenters. The molecule has 2 atom stereocenters. The summed E-state index contributed by atoms with van der Waals surface area (Å²) in [4.78, 5) is 13.4. The van der Waals surface area contributed by atoms with Gasteiger partial charge < -0.3 is 4.74 Å².